The minimum absolute atomic E-state index is 0.287. The van der Waals surface area contributed by atoms with Gasteiger partial charge in [0.05, 0.1) is 13.2 Å². The van der Waals surface area contributed by atoms with E-state index in [1.165, 1.54) is 5.57 Å². The summed E-state index contributed by atoms with van der Waals surface area (Å²) < 4.78 is 10.2. The van der Waals surface area contributed by atoms with Crippen LogP contribution in [-0.4, -0.2) is 25.2 Å². The molecule has 19 heavy (non-hydrogen) atoms. The summed E-state index contributed by atoms with van der Waals surface area (Å²) in [6, 6.07) is 0. The molecule has 0 fully saturated rings. The minimum Gasteiger partial charge on any atom is -0.465 e. The van der Waals surface area contributed by atoms with Crippen molar-refractivity contribution in [1.82, 2.24) is 0 Å². The second-order valence-electron chi connectivity index (χ2n) is 4.97. The lowest BCUT2D eigenvalue weighted by Crippen LogP contribution is -2.42. The summed E-state index contributed by atoms with van der Waals surface area (Å²) >= 11 is 0. The van der Waals surface area contributed by atoms with Crippen molar-refractivity contribution in [3.63, 3.8) is 0 Å². The molecule has 0 atom stereocenters. The van der Waals surface area contributed by atoms with Gasteiger partial charge in [0.25, 0.3) is 0 Å². The van der Waals surface area contributed by atoms with Gasteiger partial charge >= 0.3 is 11.9 Å². The molecule has 4 nitrogen and oxygen atoms in total. The third-order valence-corrected chi connectivity index (χ3v) is 3.57. The predicted octanol–water partition coefficient (Wildman–Crippen LogP) is 3.01. The van der Waals surface area contributed by atoms with Crippen LogP contribution in [0, 0.1) is 5.41 Å². The molecule has 0 N–H and O–H groups in total. The van der Waals surface area contributed by atoms with Gasteiger partial charge in [0, 0.05) is 0 Å². The number of allylic oxidation sites excluding steroid dienone is 2. The molecule has 1 rings (SSSR count). The Kier molecular flexibility index (Phi) is 6.06. The Morgan fingerprint density at radius 1 is 1.16 bits per heavy atom. The summed E-state index contributed by atoms with van der Waals surface area (Å²) in [5.74, 6) is -0.859. The molecule has 0 heterocycles. The highest BCUT2D eigenvalue weighted by atomic mass is 16.6. The fraction of sp³-hybridized carbons (Fsp3) is 0.733. The van der Waals surface area contributed by atoms with Crippen LogP contribution < -0.4 is 0 Å². The first-order valence-corrected chi connectivity index (χ1v) is 7.07. The van der Waals surface area contributed by atoms with E-state index in [1.807, 2.05) is 0 Å². The number of rotatable bonds is 4. The maximum atomic E-state index is 12.2. The van der Waals surface area contributed by atoms with Crippen molar-refractivity contribution in [2.75, 3.05) is 13.2 Å². The molecule has 0 aromatic heterocycles. The second kappa shape index (κ2) is 7.31. The molecule has 0 aromatic carbocycles. The smallest absolute Gasteiger partial charge is 0.323 e. The number of carbonyl (C=O) groups excluding carboxylic acids is 2. The lowest BCUT2D eigenvalue weighted by molar-refractivity contribution is -0.173. The maximum Gasteiger partial charge on any atom is 0.323 e. The van der Waals surface area contributed by atoms with Crippen molar-refractivity contribution < 1.29 is 19.1 Å². The van der Waals surface area contributed by atoms with Gasteiger partial charge in [-0.15, -0.1) is 0 Å². The van der Waals surface area contributed by atoms with E-state index in [-0.39, 0.29) is 13.2 Å². The van der Waals surface area contributed by atoms with Crippen LogP contribution in [-0.2, 0) is 19.1 Å². The zero-order valence-electron chi connectivity index (χ0n) is 12.2. The Hall–Kier alpha value is -1.32. The van der Waals surface area contributed by atoms with E-state index in [0.717, 1.165) is 12.8 Å². The fourth-order valence-electron chi connectivity index (χ4n) is 2.49. The van der Waals surface area contributed by atoms with Crippen molar-refractivity contribution in [1.29, 1.82) is 0 Å². The van der Waals surface area contributed by atoms with E-state index in [0.29, 0.717) is 19.3 Å². The van der Waals surface area contributed by atoms with Gasteiger partial charge in [-0.05, 0) is 52.9 Å². The van der Waals surface area contributed by atoms with E-state index in [1.54, 1.807) is 13.8 Å². The van der Waals surface area contributed by atoms with Crippen LogP contribution in [0.25, 0.3) is 0 Å². The van der Waals surface area contributed by atoms with Crippen molar-refractivity contribution in [2.45, 2.75) is 52.9 Å². The zero-order chi connectivity index (χ0) is 14.3. The third kappa shape index (κ3) is 3.82. The Morgan fingerprint density at radius 2 is 1.74 bits per heavy atom. The molecule has 0 saturated carbocycles. The molecular formula is C15H24O4. The number of carbonyl (C=O) groups is 2. The molecule has 0 aromatic rings. The normalized spacial score (nSPS) is 21.5. The van der Waals surface area contributed by atoms with E-state index < -0.39 is 17.4 Å². The molecule has 0 saturated heterocycles. The average Bonchev–Trinajstić information content (AvgIpc) is 2.34. The number of hydrogen-bond acceptors (Lipinski definition) is 4. The van der Waals surface area contributed by atoms with Gasteiger partial charge in [-0.3, -0.25) is 9.59 Å². The van der Waals surface area contributed by atoms with Crippen LogP contribution >= 0.6 is 0 Å². The Labute approximate surface area is 115 Å². The molecule has 0 amide bonds. The topological polar surface area (TPSA) is 52.6 Å². The SMILES string of the molecule is CCOC(=O)C1(C(=O)OCC)CC/C=C(/C)CCC1. The number of esters is 2. The highest BCUT2D eigenvalue weighted by Crippen LogP contribution is 2.36. The summed E-state index contributed by atoms with van der Waals surface area (Å²) in [7, 11) is 0. The summed E-state index contributed by atoms with van der Waals surface area (Å²) in [4.78, 5) is 24.5. The van der Waals surface area contributed by atoms with E-state index >= 15 is 0 Å². The van der Waals surface area contributed by atoms with Gasteiger partial charge in [0.2, 0.25) is 0 Å². The van der Waals surface area contributed by atoms with Crippen LogP contribution in [0.4, 0.5) is 0 Å². The molecule has 0 unspecified atom stereocenters. The van der Waals surface area contributed by atoms with Gasteiger partial charge in [-0.1, -0.05) is 11.6 Å². The average molecular weight is 268 g/mol. The summed E-state index contributed by atoms with van der Waals surface area (Å²) in [5, 5.41) is 0. The molecule has 4 heteroatoms. The van der Waals surface area contributed by atoms with E-state index in [4.69, 9.17) is 9.47 Å². The number of hydrogen-bond donors (Lipinski definition) is 0. The molecular weight excluding hydrogens is 244 g/mol. The Balaban J connectivity index is 2.97. The summed E-state index contributed by atoms with van der Waals surface area (Å²) in [5.41, 5.74) is 0.213. The lowest BCUT2D eigenvalue weighted by atomic mass is 9.76. The number of ether oxygens (including phenoxy) is 2. The molecule has 0 aliphatic heterocycles. The highest BCUT2D eigenvalue weighted by Gasteiger charge is 2.47. The zero-order valence-corrected chi connectivity index (χ0v) is 12.2. The van der Waals surface area contributed by atoms with Gasteiger partial charge in [0.15, 0.2) is 5.41 Å². The molecule has 0 radical (unpaired) electrons. The quantitative estimate of drug-likeness (QED) is 0.447. The maximum absolute atomic E-state index is 12.2. The molecule has 0 spiro atoms. The predicted molar refractivity (Wildman–Crippen MR) is 72.5 cm³/mol. The largest absolute Gasteiger partial charge is 0.465 e. The fourth-order valence-corrected chi connectivity index (χ4v) is 2.49. The van der Waals surface area contributed by atoms with Crippen molar-refractivity contribution in [2.24, 2.45) is 5.41 Å². The van der Waals surface area contributed by atoms with Gasteiger partial charge in [0.1, 0.15) is 0 Å². The first-order chi connectivity index (χ1) is 9.06. The van der Waals surface area contributed by atoms with Gasteiger partial charge < -0.3 is 9.47 Å². The molecule has 1 aliphatic carbocycles. The monoisotopic (exact) mass is 268 g/mol. The Morgan fingerprint density at radius 3 is 2.26 bits per heavy atom. The van der Waals surface area contributed by atoms with Crippen molar-refractivity contribution >= 4 is 11.9 Å². The first kappa shape index (κ1) is 15.7. The molecule has 108 valence electrons. The standard InChI is InChI=1S/C15H24O4/c1-4-18-13(16)15(14(17)19-5-2)10-6-8-12(3)9-7-11-15/h8H,4-7,9-11H2,1-3H3/b12-8-. The molecule has 1 aliphatic rings. The van der Waals surface area contributed by atoms with E-state index in [9.17, 15) is 9.59 Å². The summed E-state index contributed by atoms with van der Waals surface area (Å²) in [6.07, 6.45) is 5.52. The first-order valence-electron chi connectivity index (χ1n) is 7.07. The van der Waals surface area contributed by atoms with E-state index in [2.05, 4.69) is 13.0 Å². The lowest BCUT2D eigenvalue weighted by Gasteiger charge is -2.30. The van der Waals surface area contributed by atoms with Crippen LogP contribution in [0.3, 0.4) is 0 Å². The minimum atomic E-state index is -1.11. The second-order valence-corrected chi connectivity index (χ2v) is 4.97. The van der Waals surface area contributed by atoms with Crippen molar-refractivity contribution in [3.8, 4) is 0 Å². The Bertz CT molecular complexity index is 339. The van der Waals surface area contributed by atoms with Gasteiger partial charge in [-0.2, -0.15) is 0 Å². The van der Waals surface area contributed by atoms with Crippen LogP contribution in [0.5, 0.6) is 0 Å². The van der Waals surface area contributed by atoms with Crippen molar-refractivity contribution in [3.05, 3.63) is 11.6 Å². The molecule has 0 bridgehead atoms. The van der Waals surface area contributed by atoms with Crippen LogP contribution in [0.2, 0.25) is 0 Å². The highest BCUT2D eigenvalue weighted by molar-refractivity contribution is 6.00. The third-order valence-electron chi connectivity index (χ3n) is 3.57. The van der Waals surface area contributed by atoms with Crippen LogP contribution in [0.15, 0.2) is 11.6 Å². The summed E-state index contributed by atoms with van der Waals surface area (Å²) in [6.45, 7) is 6.17. The van der Waals surface area contributed by atoms with Crippen LogP contribution in [0.1, 0.15) is 52.9 Å². The van der Waals surface area contributed by atoms with Gasteiger partial charge in [-0.25, -0.2) is 0 Å².